The number of aromatic nitrogens is 5. The summed E-state index contributed by atoms with van der Waals surface area (Å²) in [7, 11) is 0. The molecule has 0 saturated carbocycles. The molecule has 0 unspecified atom stereocenters. The van der Waals surface area contributed by atoms with Crippen molar-refractivity contribution in [3.8, 4) is 5.69 Å². The Hall–Kier alpha value is -2.50. The fraction of sp³-hybridized carbons (Fsp3) is 0. The van der Waals surface area contributed by atoms with E-state index in [2.05, 4.69) is 20.3 Å². The summed E-state index contributed by atoms with van der Waals surface area (Å²) >= 11 is 0. The van der Waals surface area contributed by atoms with Gasteiger partial charge in [0, 0.05) is 0 Å². The molecule has 1 N–H and O–H groups in total. The Morgan fingerprint density at radius 1 is 1.19 bits per heavy atom. The first-order valence-electron chi connectivity index (χ1n) is 4.71. The number of nitrogens with zero attached hydrogens (tertiary/aromatic N) is 4. The lowest BCUT2D eigenvalue weighted by Gasteiger charge is -1.99. The van der Waals surface area contributed by atoms with Gasteiger partial charge in [0.15, 0.2) is 11.2 Å². The van der Waals surface area contributed by atoms with E-state index < -0.39 is 0 Å². The quantitative estimate of drug-likeness (QED) is 0.638. The third kappa shape index (κ3) is 1.20. The summed E-state index contributed by atoms with van der Waals surface area (Å²) in [6.45, 7) is 0. The van der Waals surface area contributed by atoms with E-state index in [9.17, 15) is 4.79 Å². The molecule has 3 aromatic rings. The predicted octanol–water partition coefficient (Wildman–Crippen LogP) is 0.504. The Labute approximate surface area is 89.6 Å². The van der Waals surface area contributed by atoms with E-state index in [1.54, 1.807) is 0 Å². The van der Waals surface area contributed by atoms with E-state index in [4.69, 9.17) is 0 Å². The van der Waals surface area contributed by atoms with Crippen molar-refractivity contribution in [2.75, 3.05) is 0 Å². The average molecular weight is 213 g/mol. The SMILES string of the molecule is O=c1[nH]cnc2c1nnn2-c1ccccc1. The van der Waals surface area contributed by atoms with Crippen LogP contribution in [0.25, 0.3) is 16.9 Å². The minimum Gasteiger partial charge on any atom is -0.311 e. The van der Waals surface area contributed by atoms with Crippen LogP contribution in [-0.4, -0.2) is 25.0 Å². The summed E-state index contributed by atoms with van der Waals surface area (Å²) in [5.74, 6) is 0. The topological polar surface area (TPSA) is 76.5 Å². The van der Waals surface area contributed by atoms with E-state index in [0.29, 0.717) is 5.65 Å². The van der Waals surface area contributed by atoms with Crippen LogP contribution >= 0.6 is 0 Å². The Morgan fingerprint density at radius 2 is 2.00 bits per heavy atom. The highest BCUT2D eigenvalue weighted by molar-refractivity contribution is 5.69. The highest BCUT2D eigenvalue weighted by atomic mass is 16.1. The molecule has 2 heterocycles. The van der Waals surface area contributed by atoms with Crippen LogP contribution in [0, 0.1) is 0 Å². The minimum absolute atomic E-state index is 0.242. The molecular weight excluding hydrogens is 206 g/mol. The molecule has 1 aromatic carbocycles. The van der Waals surface area contributed by atoms with Gasteiger partial charge in [0.05, 0.1) is 12.0 Å². The van der Waals surface area contributed by atoms with E-state index in [-0.39, 0.29) is 11.1 Å². The van der Waals surface area contributed by atoms with Crippen molar-refractivity contribution in [3.63, 3.8) is 0 Å². The summed E-state index contributed by atoms with van der Waals surface area (Å²) in [4.78, 5) is 17.9. The smallest absolute Gasteiger partial charge is 0.280 e. The average Bonchev–Trinajstić information content (AvgIpc) is 2.75. The second-order valence-corrected chi connectivity index (χ2v) is 3.24. The molecule has 0 amide bonds. The van der Waals surface area contributed by atoms with Crippen LogP contribution in [0.4, 0.5) is 0 Å². The van der Waals surface area contributed by atoms with Gasteiger partial charge in [-0.2, -0.15) is 4.68 Å². The minimum atomic E-state index is -0.285. The van der Waals surface area contributed by atoms with E-state index in [1.807, 2.05) is 30.3 Å². The van der Waals surface area contributed by atoms with Crippen molar-refractivity contribution in [1.29, 1.82) is 0 Å². The Balaban J connectivity index is 2.34. The van der Waals surface area contributed by atoms with Gasteiger partial charge in [0.1, 0.15) is 0 Å². The summed E-state index contributed by atoms with van der Waals surface area (Å²) in [6, 6.07) is 9.42. The number of nitrogens with one attached hydrogen (secondary N) is 1. The molecule has 0 spiro atoms. The molecule has 3 rings (SSSR count). The van der Waals surface area contributed by atoms with Crippen molar-refractivity contribution < 1.29 is 0 Å². The maximum Gasteiger partial charge on any atom is 0.280 e. The molecule has 0 saturated heterocycles. The van der Waals surface area contributed by atoms with Gasteiger partial charge in [-0.25, -0.2) is 4.98 Å². The number of H-pyrrole nitrogens is 1. The summed E-state index contributed by atoms with van der Waals surface area (Å²) in [5.41, 5.74) is 1.23. The van der Waals surface area contributed by atoms with E-state index in [0.717, 1.165) is 5.69 Å². The van der Waals surface area contributed by atoms with Crippen LogP contribution in [-0.2, 0) is 0 Å². The van der Waals surface area contributed by atoms with Gasteiger partial charge in [-0.15, -0.1) is 5.10 Å². The number of hydrogen-bond acceptors (Lipinski definition) is 4. The zero-order valence-electron chi connectivity index (χ0n) is 8.16. The van der Waals surface area contributed by atoms with Gasteiger partial charge >= 0.3 is 0 Å². The summed E-state index contributed by atoms with van der Waals surface area (Å²) in [5, 5.41) is 7.71. The largest absolute Gasteiger partial charge is 0.311 e. The number of rotatable bonds is 1. The van der Waals surface area contributed by atoms with E-state index in [1.165, 1.54) is 11.0 Å². The lowest BCUT2D eigenvalue weighted by molar-refractivity contribution is 0.817. The van der Waals surface area contributed by atoms with Crippen molar-refractivity contribution in [2.45, 2.75) is 0 Å². The van der Waals surface area contributed by atoms with Gasteiger partial charge < -0.3 is 4.98 Å². The Bertz CT molecular complexity index is 685. The standard InChI is InChI=1S/C10H7N5O/c16-10-8-9(11-6-12-10)15(14-13-8)7-4-2-1-3-5-7/h1-6H,(H,11,12,16). The summed E-state index contributed by atoms with van der Waals surface area (Å²) in [6.07, 6.45) is 1.34. The lowest BCUT2D eigenvalue weighted by atomic mass is 10.3. The maximum absolute atomic E-state index is 11.4. The zero-order chi connectivity index (χ0) is 11.0. The van der Waals surface area contributed by atoms with Gasteiger partial charge in [-0.05, 0) is 12.1 Å². The number of aromatic amines is 1. The maximum atomic E-state index is 11.4. The fourth-order valence-corrected chi connectivity index (χ4v) is 1.50. The first kappa shape index (κ1) is 8.78. The summed E-state index contributed by atoms with van der Waals surface area (Å²) < 4.78 is 1.53. The second-order valence-electron chi connectivity index (χ2n) is 3.24. The number of para-hydroxylation sites is 1. The molecule has 0 aliphatic heterocycles. The third-order valence-corrected chi connectivity index (χ3v) is 2.24. The van der Waals surface area contributed by atoms with Gasteiger partial charge in [0.25, 0.3) is 5.56 Å². The molecule has 6 nitrogen and oxygen atoms in total. The van der Waals surface area contributed by atoms with Crippen LogP contribution in [0.3, 0.4) is 0 Å². The molecule has 0 atom stereocenters. The normalized spacial score (nSPS) is 10.8. The van der Waals surface area contributed by atoms with Crippen LogP contribution in [0.2, 0.25) is 0 Å². The van der Waals surface area contributed by atoms with Crippen molar-refractivity contribution >= 4 is 11.2 Å². The fourth-order valence-electron chi connectivity index (χ4n) is 1.50. The van der Waals surface area contributed by atoms with Crippen molar-refractivity contribution in [2.24, 2.45) is 0 Å². The molecule has 6 heteroatoms. The third-order valence-electron chi connectivity index (χ3n) is 2.24. The Kier molecular flexibility index (Phi) is 1.79. The molecular formula is C10H7N5O. The predicted molar refractivity (Wildman–Crippen MR) is 57.3 cm³/mol. The lowest BCUT2D eigenvalue weighted by Crippen LogP contribution is -2.07. The number of hydrogen-bond donors (Lipinski definition) is 1. The highest BCUT2D eigenvalue weighted by Gasteiger charge is 2.09. The molecule has 0 bridgehead atoms. The monoisotopic (exact) mass is 213 g/mol. The first-order chi connectivity index (χ1) is 7.86. The molecule has 0 aliphatic carbocycles. The molecule has 2 aromatic heterocycles. The molecule has 78 valence electrons. The molecule has 0 fully saturated rings. The zero-order valence-corrected chi connectivity index (χ0v) is 8.16. The van der Waals surface area contributed by atoms with Crippen LogP contribution < -0.4 is 5.56 Å². The second kappa shape index (κ2) is 3.27. The first-order valence-corrected chi connectivity index (χ1v) is 4.71. The molecule has 0 aliphatic rings. The van der Waals surface area contributed by atoms with Crippen molar-refractivity contribution in [3.05, 3.63) is 47.0 Å². The number of benzene rings is 1. The molecule has 16 heavy (non-hydrogen) atoms. The van der Waals surface area contributed by atoms with Crippen LogP contribution in [0.1, 0.15) is 0 Å². The number of fused-ring (bicyclic) bond motifs is 1. The Morgan fingerprint density at radius 3 is 2.81 bits per heavy atom. The van der Waals surface area contributed by atoms with E-state index >= 15 is 0 Å². The molecule has 0 radical (unpaired) electrons. The highest BCUT2D eigenvalue weighted by Crippen LogP contribution is 2.09. The van der Waals surface area contributed by atoms with Gasteiger partial charge in [-0.3, -0.25) is 4.79 Å². The van der Waals surface area contributed by atoms with Crippen LogP contribution in [0.5, 0.6) is 0 Å². The van der Waals surface area contributed by atoms with Gasteiger partial charge in [-0.1, -0.05) is 23.4 Å². The van der Waals surface area contributed by atoms with Crippen molar-refractivity contribution in [1.82, 2.24) is 25.0 Å². The van der Waals surface area contributed by atoms with Crippen LogP contribution in [0.15, 0.2) is 41.5 Å². The van der Waals surface area contributed by atoms with Gasteiger partial charge in [0.2, 0.25) is 0 Å².